The van der Waals surface area contributed by atoms with Crippen LogP contribution in [0.25, 0.3) is 11.5 Å². The number of alkyl halides is 6. The number of carboxylic acid groups (broad SMARTS) is 2. The van der Waals surface area contributed by atoms with Crippen LogP contribution >= 0.6 is 0 Å². The number of rotatable bonds is 27. The summed E-state index contributed by atoms with van der Waals surface area (Å²) in [5.74, 6) is 1.79. The van der Waals surface area contributed by atoms with Crippen molar-refractivity contribution >= 4 is 23.8 Å². The summed E-state index contributed by atoms with van der Waals surface area (Å²) in [6.07, 6.45) is 13.7. The van der Waals surface area contributed by atoms with Crippen LogP contribution in [0.5, 0.6) is 0 Å². The van der Waals surface area contributed by atoms with E-state index < -0.39 is 53.3 Å². The molecule has 0 radical (unpaired) electrons. The zero-order valence-electron chi connectivity index (χ0n) is 44.4. The first-order valence-electron chi connectivity index (χ1n) is 26.7. The molecule has 11 nitrogen and oxygen atoms in total. The van der Waals surface area contributed by atoms with Crippen molar-refractivity contribution in [3.05, 3.63) is 142 Å². The van der Waals surface area contributed by atoms with E-state index in [1.807, 2.05) is 12.1 Å². The Morgan fingerprint density at radius 3 is 1.47 bits per heavy atom. The third-order valence-corrected chi connectivity index (χ3v) is 13.0. The second kappa shape index (κ2) is 32.6. The molecule has 1 atom stereocenters. The number of aromatic nitrogens is 2. The van der Waals surface area contributed by atoms with E-state index in [2.05, 4.69) is 35.8 Å². The maximum absolute atomic E-state index is 12.9. The molecule has 4 aromatic carbocycles. The van der Waals surface area contributed by atoms with Crippen molar-refractivity contribution in [1.82, 2.24) is 19.9 Å². The molecule has 0 aliphatic rings. The molecule has 1 aromatic heterocycles. The first-order valence-corrected chi connectivity index (χ1v) is 26.7. The van der Waals surface area contributed by atoms with Gasteiger partial charge in [-0.1, -0.05) is 176 Å². The van der Waals surface area contributed by atoms with Gasteiger partial charge in [-0.2, -0.15) is 31.3 Å². The third-order valence-electron chi connectivity index (χ3n) is 13.0. The van der Waals surface area contributed by atoms with Gasteiger partial charge in [-0.25, -0.2) is 9.59 Å². The zero-order chi connectivity index (χ0) is 56.2. The highest BCUT2D eigenvalue weighted by atomic mass is 19.4. The van der Waals surface area contributed by atoms with Crippen LogP contribution in [0.4, 0.5) is 26.3 Å². The van der Waals surface area contributed by atoms with E-state index in [0.717, 1.165) is 71.7 Å². The van der Waals surface area contributed by atoms with Gasteiger partial charge < -0.3 is 24.5 Å². The molecule has 1 heterocycles. The van der Waals surface area contributed by atoms with Crippen LogP contribution in [0.2, 0.25) is 0 Å². The molecule has 2 N–H and O–H groups in total. The van der Waals surface area contributed by atoms with Crippen molar-refractivity contribution in [1.29, 1.82) is 0 Å². The summed E-state index contributed by atoms with van der Waals surface area (Å²) in [5.41, 5.74) is 2.01. The molecule has 0 saturated heterocycles. The number of carbonyl (C=O) groups is 4. The number of amides is 2. The van der Waals surface area contributed by atoms with Gasteiger partial charge in [-0.05, 0) is 90.6 Å². The minimum Gasteiger partial charge on any atom is -0.474 e. The van der Waals surface area contributed by atoms with Crippen molar-refractivity contribution < 1.29 is 60.3 Å². The fraction of sp³-hybridized carbons (Fsp3) is 0.467. The van der Waals surface area contributed by atoms with E-state index in [1.165, 1.54) is 114 Å². The Labute approximate surface area is 448 Å². The van der Waals surface area contributed by atoms with Gasteiger partial charge >= 0.3 is 36.1 Å². The number of aryl methyl sites for hydroxylation is 1. The average Bonchev–Trinajstić information content (AvgIpc) is 3.89. The Morgan fingerprint density at radius 2 is 0.987 bits per heavy atom. The van der Waals surface area contributed by atoms with Gasteiger partial charge in [0.25, 0.3) is 5.89 Å². The Bertz CT molecular complexity index is 2620. The Morgan fingerprint density at radius 1 is 0.558 bits per heavy atom. The lowest BCUT2D eigenvalue weighted by atomic mass is 10.0. The monoisotopic (exact) mass is 1070 g/mol. The summed E-state index contributed by atoms with van der Waals surface area (Å²) in [6, 6.07) is 22.0. The molecule has 0 aliphatic heterocycles. The van der Waals surface area contributed by atoms with Crippen LogP contribution in [0.15, 0.2) is 102 Å². The molecule has 1 unspecified atom stereocenters. The number of carbonyl (C=O) groups excluding carboxylic acids is 2. The number of unbranched alkanes of at least 4 members (excludes halogenated alkanes) is 16. The van der Waals surface area contributed by atoms with Crippen LogP contribution in [-0.2, 0) is 57.6 Å². The number of halogens is 6. The molecular formula is C60H72F6N4O7. The van der Waals surface area contributed by atoms with E-state index in [-0.39, 0.29) is 19.6 Å². The minimum atomic E-state index is -4.49. The predicted molar refractivity (Wildman–Crippen MR) is 283 cm³/mol. The van der Waals surface area contributed by atoms with Crippen LogP contribution < -0.4 is 0 Å². The predicted octanol–water partition coefficient (Wildman–Crippen LogP) is 15.2. The van der Waals surface area contributed by atoms with E-state index in [9.17, 15) is 50.6 Å². The summed E-state index contributed by atoms with van der Waals surface area (Å²) in [6.45, 7) is 5.85. The third kappa shape index (κ3) is 22.7. The largest absolute Gasteiger partial charge is 0.474 e. The molecule has 5 aromatic rings. The number of nitrogens with zero attached hydrogens (tertiary/aromatic N) is 4. The number of benzene rings is 4. The van der Waals surface area contributed by atoms with Gasteiger partial charge in [0.2, 0.25) is 0 Å². The minimum absolute atomic E-state index is 0.0120. The van der Waals surface area contributed by atoms with Crippen molar-refractivity contribution in [3.63, 3.8) is 0 Å². The SMILES string of the molecule is CCCCCCCCCCC#Cc1ccc(CN(Cc2ccc(C(F)(F)F)cc2)C(=O)C(=O)O)cc1.CCCCCCCCCCCc1noc(-c2ccc(CN(C(=O)C(=O)O)C(C)c3ccc(C(F)(F)F)cc3)cc2)n1. The first-order chi connectivity index (χ1) is 36.8. The molecule has 0 saturated carbocycles. The van der Waals surface area contributed by atoms with Gasteiger partial charge in [-0.15, -0.1) is 0 Å². The molecule has 0 aliphatic carbocycles. The molecule has 77 heavy (non-hydrogen) atoms. The highest BCUT2D eigenvalue weighted by Gasteiger charge is 2.32. The Hall–Kier alpha value is -6.96. The van der Waals surface area contributed by atoms with Crippen molar-refractivity contribution in [3.8, 4) is 23.3 Å². The summed E-state index contributed by atoms with van der Waals surface area (Å²) < 4.78 is 82.6. The lowest BCUT2D eigenvalue weighted by molar-refractivity contribution is -0.157. The lowest BCUT2D eigenvalue weighted by Crippen LogP contribution is -2.38. The van der Waals surface area contributed by atoms with Crippen molar-refractivity contribution in [2.24, 2.45) is 0 Å². The fourth-order valence-electron chi connectivity index (χ4n) is 8.43. The molecule has 0 fully saturated rings. The fourth-order valence-corrected chi connectivity index (χ4v) is 8.43. The molecular weight excluding hydrogens is 1000 g/mol. The average molecular weight is 1080 g/mol. The van der Waals surface area contributed by atoms with E-state index in [1.54, 1.807) is 43.3 Å². The number of hydrogen-bond acceptors (Lipinski definition) is 7. The van der Waals surface area contributed by atoms with Gasteiger partial charge in [0.1, 0.15) is 0 Å². The zero-order valence-corrected chi connectivity index (χ0v) is 44.4. The second-order valence-corrected chi connectivity index (χ2v) is 19.2. The quantitative estimate of drug-likeness (QED) is 0.0226. The molecule has 2 amide bonds. The Kier molecular flexibility index (Phi) is 26.5. The van der Waals surface area contributed by atoms with Gasteiger partial charge in [0.15, 0.2) is 5.82 Å². The van der Waals surface area contributed by atoms with Crippen LogP contribution in [0.1, 0.15) is 187 Å². The topological polar surface area (TPSA) is 154 Å². The summed E-state index contributed by atoms with van der Waals surface area (Å²) in [7, 11) is 0. The van der Waals surface area contributed by atoms with Gasteiger partial charge in [-0.3, -0.25) is 9.59 Å². The summed E-state index contributed by atoms with van der Waals surface area (Å²) in [4.78, 5) is 54.1. The van der Waals surface area contributed by atoms with Gasteiger partial charge in [0.05, 0.1) is 17.2 Å². The number of aliphatic carboxylic acids is 2. The Balaban J connectivity index is 0.000000336. The highest BCUT2D eigenvalue weighted by Crippen LogP contribution is 2.32. The van der Waals surface area contributed by atoms with Crippen molar-refractivity contribution in [2.75, 3.05) is 0 Å². The van der Waals surface area contributed by atoms with Crippen LogP contribution in [0.3, 0.4) is 0 Å². The lowest BCUT2D eigenvalue weighted by Gasteiger charge is -2.28. The van der Waals surface area contributed by atoms with Crippen LogP contribution in [0, 0.1) is 11.8 Å². The smallest absolute Gasteiger partial charge is 0.416 e. The number of carboxylic acids is 2. The summed E-state index contributed by atoms with van der Waals surface area (Å²) >= 11 is 0. The van der Waals surface area contributed by atoms with E-state index in [0.29, 0.717) is 39.5 Å². The summed E-state index contributed by atoms with van der Waals surface area (Å²) in [5, 5.41) is 22.6. The van der Waals surface area contributed by atoms with Crippen molar-refractivity contribution in [2.45, 2.75) is 181 Å². The van der Waals surface area contributed by atoms with Crippen LogP contribution in [-0.4, -0.2) is 53.9 Å². The molecule has 5 rings (SSSR count). The normalized spacial score (nSPS) is 11.7. The number of hydrogen-bond donors (Lipinski definition) is 2. The first kappa shape index (κ1) is 62.6. The second-order valence-electron chi connectivity index (χ2n) is 19.2. The van der Waals surface area contributed by atoms with E-state index in [4.69, 9.17) is 9.63 Å². The maximum Gasteiger partial charge on any atom is 0.416 e. The van der Waals surface area contributed by atoms with E-state index >= 15 is 0 Å². The standard InChI is InChI=1S/C31H38F3N3O4.C29H34F3NO3/c1-3-4-5-6-7-8-9-10-11-12-27-35-28(41-36-27)25-15-13-23(14-16-25)21-37(29(38)30(39)40)22(2)24-17-19-26(20-18-24)31(32,33)34;1-2-3-4-5-6-7-8-9-10-11-12-23-13-15-24(16-14-23)21-33(27(34)28(35)36)22-25-17-19-26(20-18-25)29(30,31)32/h13-20,22H,3-12,21H2,1-2H3,(H,39,40);13-20H,2-10,21-22H2,1H3,(H,35,36). The molecule has 0 spiro atoms. The maximum atomic E-state index is 12.9. The van der Waals surface area contributed by atoms with Gasteiger partial charge in [0, 0.05) is 43.6 Å². The molecule has 0 bridgehead atoms. The molecule has 416 valence electrons. The molecule has 17 heteroatoms. The highest BCUT2D eigenvalue weighted by molar-refractivity contribution is 6.31.